The molecule has 2 aromatic rings. The normalized spacial score (nSPS) is 11.4. The smallest absolute Gasteiger partial charge is 0.264 e. The van der Waals surface area contributed by atoms with E-state index in [0.717, 1.165) is 6.07 Å². The van der Waals surface area contributed by atoms with E-state index in [1.165, 1.54) is 24.3 Å². The Hall–Kier alpha value is -1.15. The number of hydrogen-bond acceptors (Lipinski definition) is 3. The Balaban J connectivity index is 2.40. The molecule has 2 aromatic carbocycles. The van der Waals surface area contributed by atoms with Gasteiger partial charge in [0, 0.05) is 11.0 Å². The highest BCUT2D eigenvalue weighted by Crippen LogP contribution is 2.27. The molecule has 0 aliphatic rings. The van der Waals surface area contributed by atoms with Gasteiger partial charge in [0.25, 0.3) is 10.0 Å². The fraction of sp³-hybridized carbons (Fsp3) is 0.0769. The number of nitrogens with two attached hydrogens (primary N) is 1. The summed E-state index contributed by atoms with van der Waals surface area (Å²) in [5.74, 6) is -0.845. The third-order valence-electron chi connectivity index (χ3n) is 2.69. The summed E-state index contributed by atoms with van der Waals surface area (Å²) in [4.78, 5) is -0.454. The number of halogens is 3. The summed E-state index contributed by atoms with van der Waals surface area (Å²) in [5.41, 5.74) is 6.20. The Labute approximate surface area is 135 Å². The van der Waals surface area contributed by atoms with Crippen molar-refractivity contribution in [3.8, 4) is 0 Å². The number of benzene rings is 2. The first-order valence-electron chi connectivity index (χ1n) is 5.80. The predicted molar refractivity (Wildman–Crippen MR) is 84.3 cm³/mol. The Morgan fingerprint density at radius 2 is 1.95 bits per heavy atom. The molecule has 0 fully saturated rings. The van der Waals surface area contributed by atoms with Crippen molar-refractivity contribution >= 4 is 43.2 Å². The molecule has 0 aromatic heterocycles. The zero-order valence-corrected chi connectivity index (χ0v) is 13.8. The number of rotatable bonds is 4. The van der Waals surface area contributed by atoms with Crippen LogP contribution in [0.15, 0.2) is 45.8 Å². The summed E-state index contributed by atoms with van der Waals surface area (Å²) in [6.45, 7) is 0.118. The molecule has 2 rings (SSSR count). The molecule has 0 radical (unpaired) electrons. The van der Waals surface area contributed by atoms with E-state index in [9.17, 15) is 12.8 Å². The molecule has 0 saturated carbocycles. The summed E-state index contributed by atoms with van der Waals surface area (Å²) in [5, 5.41) is 0.339. The van der Waals surface area contributed by atoms with Crippen molar-refractivity contribution in [3.63, 3.8) is 0 Å². The van der Waals surface area contributed by atoms with Crippen molar-refractivity contribution < 1.29 is 12.8 Å². The van der Waals surface area contributed by atoms with Crippen molar-refractivity contribution in [3.05, 3.63) is 57.3 Å². The molecule has 0 amide bonds. The monoisotopic (exact) mass is 392 g/mol. The van der Waals surface area contributed by atoms with E-state index < -0.39 is 20.7 Å². The lowest BCUT2D eigenvalue weighted by Crippen LogP contribution is -2.15. The number of nitrogens with one attached hydrogen (secondary N) is 1. The third-order valence-corrected chi connectivity index (χ3v) is 5.32. The van der Waals surface area contributed by atoms with Crippen LogP contribution in [-0.2, 0) is 16.6 Å². The van der Waals surface area contributed by atoms with Crippen LogP contribution in [0.4, 0.5) is 10.1 Å². The second-order valence-corrected chi connectivity index (χ2v) is 7.12. The van der Waals surface area contributed by atoms with Gasteiger partial charge in [-0.2, -0.15) is 0 Å². The molecule has 0 saturated heterocycles. The predicted octanol–water partition coefficient (Wildman–Crippen LogP) is 3.50. The van der Waals surface area contributed by atoms with Gasteiger partial charge in [0.15, 0.2) is 0 Å². The van der Waals surface area contributed by atoms with Crippen LogP contribution in [0.3, 0.4) is 0 Å². The number of hydrogen-bond donors (Lipinski definition) is 2. The highest BCUT2D eigenvalue weighted by molar-refractivity contribution is 9.10. The standard InChI is InChI=1S/C13H11BrClFN2O2S/c14-10-3-2-9(6-11(10)15)18-21(19,20)13-5-8(7-17)1-4-12(13)16/h1-6,18H,7,17H2. The molecule has 8 heteroatoms. The van der Waals surface area contributed by atoms with Crippen LogP contribution in [0.2, 0.25) is 5.02 Å². The van der Waals surface area contributed by atoms with Crippen LogP contribution in [0, 0.1) is 5.82 Å². The van der Waals surface area contributed by atoms with Crippen molar-refractivity contribution in [2.45, 2.75) is 11.4 Å². The van der Waals surface area contributed by atoms with E-state index in [1.54, 1.807) is 6.07 Å². The van der Waals surface area contributed by atoms with Crippen LogP contribution in [0.5, 0.6) is 0 Å². The molecule has 0 aliphatic carbocycles. The van der Waals surface area contributed by atoms with E-state index in [4.69, 9.17) is 17.3 Å². The topological polar surface area (TPSA) is 72.2 Å². The van der Waals surface area contributed by atoms with Gasteiger partial charge in [-0.25, -0.2) is 12.8 Å². The Kier molecular flexibility index (Phi) is 4.88. The van der Waals surface area contributed by atoms with Gasteiger partial charge in [0.1, 0.15) is 10.7 Å². The fourth-order valence-corrected chi connectivity index (χ4v) is 3.26. The maximum absolute atomic E-state index is 13.8. The minimum atomic E-state index is -4.06. The van der Waals surface area contributed by atoms with Gasteiger partial charge in [-0.3, -0.25) is 4.72 Å². The molecule has 4 nitrogen and oxygen atoms in total. The van der Waals surface area contributed by atoms with Crippen molar-refractivity contribution in [1.82, 2.24) is 0 Å². The second-order valence-electron chi connectivity index (χ2n) is 4.20. The lowest BCUT2D eigenvalue weighted by Gasteiger charge is -2.10. The molecule has 0 unspecified atom stereocenters. The van der Waals surface area contributed by atoms with Crippen LogP contribution in [-0.4, -0.2) is 8.42 Å². The van der Waals surface area contributed by atoms with Crippen LogP contribution in [0.1, 0.15) is 5.56 Å². The fourth-order valence-electron chi connectivity index (χ4n) is 1.65. The first-order valence-corrected chi connectivity index (χ1v) is 8.45. The van der Waals surface area contributed by atoms with Gasteiger partial charge in [-0.15, -0.1) is 0 Å². The van der Waals surface area contributed by atoms with Gasteiger partial charge in [0.05, 0.1) is 10.7 Å². The SMILES string of the molecule is NCc1ccc(F)c(S(=O)(=O)Nc2ccc(Br)c(Cl)c2)c1. The largest absolute Gasteiger partial charge is 0.326 e. The minimum Gasteiger partial charge on any atom is -0.326 e. The van der Waals surface area contributed by atoms with E-state index in [2.05, 4.69) is 20.7 Å². The number of anilines is 1. The Morgan fingerprint density at radius 1 is 1.24 bits per heavy atom. The summed E-state index contributed by atoms with van der Waals surface area (Å²) >= 11 is 9.10. The van der Waals surface area contributed by atoms with Crippen LogP contribution < -0.4 is 10.5 Å². The highest BCUT2D eigenvalue weighted by atomic mass is 79.9. The van der Waals surface area contributed by atoms with Gasteiger partial charge < -0.3 is 5.73 Å². The van der Waals surface area contributed by atoms with Crippen LogP contribution in [0.25, 0.3) is 0 Å². The van der Waals surface area contributed by atoms with E-state index in [-0.39, 0.29) is 12.2 Å². The lowest BCUT2D eigenvalue weighted by atomic mass is 10.2. The Morgan fingerprint density at radius 3 is 2.57 bits per heavy atom. The molecule has 0 atom stereocenters. The van der Waals surface area contributed by atoms with Crippen molar-refractivity contribution in [2.24, 2.45) is 5.73 Å². The number of sulfonamides is 1. The quantitative estimate of drug-likeness (QED) is 0.835. The first kappa shape index (κ1) is 16.2. The molecule has 0 bridgehead atoms. The van der Waals surface area contributed by atoms with E-state index in [1.807, 2.05) is 0 Å². The van der Waals surface area contributed by atoms with Crippen LogP contribution >= 0.6 is 27.5 Å². The molecule has 21 heavy (non-hydrogen) atoms. The summed E-state index contributed by atoms with van der Waals surface area (Å²) in [6.07, 6.45) is 0. The molecule has 3 N–H and O–H groups in total. The molecular weight excluding hydrogens is 383 g/mol. The average molecular weight is 394 g/mol. The summed E-state index contributed by atoms with van der Waals surface area (Å²) in [6, 6.07) is 8.24. The molecule has 0 spiro atoms. The molecule has 0 heterocycles. The molecule has 112 valence electrons. The van der Waals surface area contributed by atoms with Gasteiger partial charge in [-0.1, -0.05) is 17.7 Å². The zero-order valence-electron chi connectivity index (χ0n) is 10.6. The van der Waals surface area contributed by atoms with E-state index in [0.29, 0.717) is 15.1 Å². The Bertz CT molecular complexity index is 784. The third kappa shape index (κ3) is 3.74. The molecule has 0 aliphatic heterocycles. The lowest BCUT2D eigenvalue weighted by molar-refractivity contribution is 0.569. The van der Waals surface area contributed by atoms with Gasteiger partial charge in [0.2, 0.25) is 0 Å². The summed E-state index contributed by atoms with van der Waals surface area (Å²) < 4.78 is 41.1. The van der Waals surface area contributed by atoms with Crippen molar-refractivity contribution in [1.29, 1.82) is 0 Å². The zero-order chi connectivity index (χ0) is 15.6. The minimum absolute atomic E-state index is 0.118. The van der Waals surface area contributed by atoms with Gasteiger partial charge >= 0.3 is 0 Å². The molecular formula is C13H11BrClFN2O2S. The first-order chi connectivity index (χ1) is 9.83. The average Bonchev–Trinajstić information content (AvgIpc) is 2.43. The maximum Gasteiger partial charge on any atom is 0.264 e. The van der Waals surface area contributed by atoms with E-state index >= 15 is 0 Å². The van der Waals surface area contributed by atoms with Gasteiger partial charge in [-0.05, 0) is 51.8 Å². The second kappa shape index (κ2) is 6.31. The summed E-state index contributed by atoms with van der Waals surface area (Å²) in [7, 11) is -4.06. The van der Waals surface area contributed by atoms with Crippen molar-refractivity contribution in [2.75, 3.05) is 4.72 Å². The maximum atomic E-state index is 13.8. The highest BCUT2D eigenvalue weighted by Gasteiger charge is 2.20.